The molecule has 3 rings (SSSR count). The maximum atomic E-state index is 6.00. The summed E-state index contributed by atoms with van der Waals surface area (Å²) < 4.78 is 6.00. The molecule has 0 amide bonds. The van der Waals surface area contributed by atoms with E-state index in [1.165, 1.54) is 48.4 Å². The van der Waals surface area contributed by atoms with Crippen molar-refractivity contribution in [2.24, 2.45) is 5.41 Å². The van der Waals surface area contributed by atoms with E-state index in [-0.39, 0.29) is 0 Å². The summed E-state index contributed by atoms with van der Waals surface area (Å²) in [6.45, 7) is 6.02. The van der Waals surface area contributed by atoms with Crippen LogP contribution in [0.4, 0.5) is 0 Å². The first kappa shape index (κ1) is 14.5. The van der Waals surface area contributed by atoms with Gasteiger partial charge in [-0.1, -0.05) is 19.3 Å². The second-order valence-corrected chi connectivity index (χ2v) is 7.59. The first-order valence-corrected chi connectivity index (χ1v) is 8.82. The SMILES string of the molecule is CCOC1CC(NCc2ncc(C)s2)C12CCCCC2. The third-order valence-corrected chi connectivity index (χ3v) is 6.02. The van der Waals surface area contributed by atoms with Gasteiger partial charge in [0, 0.05) is 35.7 Å². The van der Waals surface area contributed by atoms with Crippen LogP contribution in [0.2, 0.25) is 0 Å². The molecule has 1 aromatic rings. The van der Waals surface area contributed by atoms with Crippen molar-refractivity contribution in [1.82, 2.24) is 10.3 Å². The molecule has 2 fully saturated rings. The smallest absolute Gasteiger partial charge is 0.107 e. The third kappa shape index (κ3) is 2.66. The maximum Gasteiger partial charge on any atom is 0.107 e. The van der Waals surface area contributed by atoms with Gasteiger partial charge in [-0.25, -0.2) is 4.98 Å². The number of hydrogen-bond acceptors (Lipinski definition) is 4. The van der Waals surface area contributed by atoms with Crippen LogP contribution < -0.4 is 5.32 Å². The summed E-state index contributed by atoms with van der Waals surface area (Å²) in [7, 11) is 0. The Morgan fingerprint density at radius 1 is 1.40 bits per heavy atom. The molecule has 2 atom stereocenters. The Balaban J connectivity index is 1.61. The van der Waals surface area contributed by atoms with Gasteiger partial charge in [-0.3, -0.25) is 0 Å². The monoisotopic (exact) mass is 294 g/mol. The predicted molar refractivity (Wildman–Crippen MR) is 83.0 cm³/mol. The molecule has 3 nitrogen and oxygen atoms in total. The zero-order chi connectivity index (χ0) is 14.0. The summed E-state index contributed by atoms with van der Waals surface area (Å²) in [5, 5.41) is 4.98. The van der Waals surface area contributed by atoms with Gasteiger partial charge in [-0.15, -0.1) is 11.3 Å². The number of aryl methyl sites for hydroxylation is 1. The van der Waals surface area contributed by atoms with Crippen LogP contribution in [0.3, 0.4) is 0 Å². The van der Waals surface area contributed by atoms with Crippen molar-refractivity contribution >= 4 is 11.3 Å². The average Bonchev–Trinajstić information content (AvgIpc) is 2.88. The van der Waals surface area contributed by atoms with Crippen molar-refractivity contribution in [3.63, 3.8) is 0 Å². The minimum absolute atomic E-state index is 0.417. The molecular formula is C16H26N2OS. The highest BCUT2D eigenvalue weighted by atomic mass is 32.1. The Hall–Kier alpha value is -0.450. The number of aromatic nitrogens is 1. The van der Waals surface area contributed by atoms with Crippen LogP contribution in [0.25, 0.3) is 0 Å². The largest absolute Gasteiger partial charge is 0.378 e. The van der Waals surface area contributed by atoms with Gasteiger partial charge in [0.15, 0.2) is 0 Å². The van der Waals surface area contributed by atoms with E-state index in [2.05, 4.69) is 24.1 Å². The molecule has 1 aromatic heterocycles. The highest BCUT2D eigenvalue weighted by molar-refractivity contribution is 7.11. The van der Waals surface area contributed by atoms with Crippen molar-refractivity contribution in [2.45, 2.75) is 71.1 Å². The second-order valence-electron chi connectivity index (χ2n) is 6.27. The van der Waals surface area contributed by atoms with E-state index >= 15 is 0 Å². The van der Waals surface area contributed by atoms with E-state index in [1.54, 1.807) is 11.3 Å². The number of nitrogens with one attached hydrogen (secondary N) is 1. The van der Waals surface area contributed by atoms with E-state index in [0.717, 1.165) is 13.2 Å². The lowest BCUT2D eigenvalue weighted by atomic mass is 9.55. The van der Waals surface area contributed by atoms with Gasteiger partial charge in [0.25, 0.3) is 0 Å². The molecule has 2 aliphatic rings. The third-order valence-electron chi connectivity index (χ3n) is 5.11. The quantitative estimate of drug-likeness (QED) is 0.899. The molecule has 0 saturated heterocycles. The minimum Gasteiger partial charge on any atom is -0.378 e. The summed E-state index contributed by atoms with van der Waals surface area (Å²) in [5.41, 5.74) is 0.417. The summed E-state index contributed by atoms with van der Waals surface area (Å²) in [4.78, 5) is 5.76. The molecular weight excluding hydrogens is 268 g/mol. The molecule has 4 heteroatoms. The second kappa shape index (κ2) is 6.12. The fourth-order valence-corrected chi connectivity index (χ4v) is 4.78. The highest BCUT2D eigenvalue weighted by Crippen LogP contribution is 2.53. The molecule has 0 radical (unpaired) electrons. The van der Waals surface area contributed by atoms with Crippen molar-refractivity contribution in [3.05, 3.63) is 16.1 Å². The standard InChI is InChI=1S/C16H26N2OS/c1-3-19-14-9-13(16(14)7-5-4-6-8-16)17-11-15-18-10-12(2)20-15/h10,13-14,17H,3-9,11H2,1-2H3. The summed E-state index contributed by atoms with van der Waals surface area (Å²) in [5.74, 6) is 0. The Morgan fingerprint density at radius 3 is 2.85 bits per heavy atom. The fraction of sp³-hybridized carbons (Fsp3) is 0.812. The molecule has 0 aromatic carbocycles. The Kier molecular flexibility index (Phi) is 4.43. The number of hydrogen-bond donors (Lipinski definition) is 1. The summed E-state index contributed by atoms with van der Waals surface area (Å²) >= 11 is 1.81. The Labute approximate surface area is 126 Å². The van der Waals surface area contributed by atoms with Crippen LogP contribution in [0.1, 0.15) is 55.3 Å². The van der Waals surface area contributed by atoms with Gasteiger partial charge >= 0.3 is 0 Å². The van der Waals surface area contributed by atoms with Crippen molar-refractivity contribution in [2.75, 3.05) is 6.61 Å². The first-order valence-electron chi connectivity index (χ1n) is 8.01. The molecule has 1 spiro atoms. The fourth-order valence-electron chi connectivity index (χ4n) is 4.04. The van der Waals surface area contributed by atoms with E-state index in [9.17, 15) is 0 Å². The summed E-state index contributed by atoms with van der Waals surface area (Å²) in [6, 6.07) is 0.628. The van der Waals surface area contributed by atoms with E-state index in [4.69, 9.17) is 4.74 Å². The van der Waals surface area contributed by atoms with Gasteiger partial charge in [0.05, 0.1) is 6.10 Å². The topological polar surface area (TPSA) is 34.1 Å². The molecule has 2 saturated carbocycles. The number of rotatable bonds is 5. The van der Waals surface area contributed by atoms with Crippen molar-refractivity contribution in [3.8, 4) is 0 Å². The molecule has 0 bridgehead atoms. The van der Waals surface area contributed by atoms with Crippen LogP contribution in [0.5, 0.6) is 0 Å². The van der Waals surface area contributed by atoms with Crippen molar-refractivity contribution < 1.29 is 4.74 Å². The molecule has 0 aliphatic heterocycles. The van der Waals surface area contributed by atoms with Gasteiger partial charge in [-0.2, -0.15) is 0 Å². The number of ether oxygens (including phenoxy) is 1. The Morgan fingerprint density at radius 2 is 2.20 bits per heavy atom. The first-order chi connectivity index (χ1) is 9.74. The van der Waals surface area contributed by atoms with E-state index in [1.807, 2.05) is 6.20 Å². The maximum absolute atomic E-state index is 6.00. The van der Waals surface area contributed by atoms with Crippen molar-refractivity contribution in [1.29, 1.82) is 0 Å². The molecule has 112 valence electrons. The lowest BCUT2D eigenvalue weighted by Crippen LogP contribution is -2.64. The summed E-state index contributed by atoms with van der Waals surface area (Å²) in [6.07, 6.45) is 10.5. The lowest BCUT2D eigenvalue weighted by molar-refractivity contribution is -0.150. The molecule has 2 aliphatic carbocycles. The molecule has 1 heterocycles. The zero-order valence-corrected chi connectivity index (χ0v) is 13.5. The molecule has 20 heavy (non-hydrogen) atoms. The average molecular weight is 294 g/mol. The van der Waals surface area contributed by atoms with Crippen LogP contribution in [-0.4, -0.2) is 23.7 Å². The predicted octanol–water partition coefficient (Wildman–Crippen LogP) is 3.67. The van der Waals surface area contributed by atoms with Crippen LogP contribution in [0, 0.1) is 12.3 Å². The molecule has 1 N–H and O–H groups in total. The van der Waals surface area contributed by atoms with Crippen LogP contribution in [-0.2, 0) is 11.3 Å². The molecule has 2 unspecified atom stereocenters. The van der Waals surface area contributed by atoms with E-state index < -0.39 is 0 Å². The minimum atomic E-state index is 0.417. The van der Waals surface area contributed by atoms with Crippen LogP contribution >= 0.6 is 11.3 Å². The van der Waals surface area contributed by atoms with Gasteiger partial charge in [-0.05, 0) is 33.1 Å². The number of nitrogens with zero attached hydrogens (tertiary/aromatic N) is 1. The van der Waals surface area contributed by atoms with Gasteiger partial charge in [0.2, 0.25) is 0 Å². The Bertz CT molecular complexity index is 439. The number of thiazole rings is 1. The van der Waals surface area contributed by atoms with E-state index in [0.29, 0.717) is 17.6 Å². The lowest BCUT2D eigenvalue weighted by Gasteiger charge is -2.58. The van der Waals surface area contributed by atoms with Gasteiger partial charge in [0.1, 0.15) is 5.01 Å². The highest BCUT2D eigenvalue weighted by Gasteiger charge is 2.55. The van der Waals surface area contributed by atoms with Gasteiger partial charge < -0.3 is 10.1 Å². The zero-order valence-electron chi connectivity index (χ0n) is 12.7. The van der Waals surface area contributed by atoms with Crippen LogP contribution in [0.15, 0.2) is 6.20 Å². The normalized spacial score (nSPS) is 28.5.